The largest absolute Gasteiger partial charge is 0.465 e. The minimum absolute atomic E-state index is 0.00450. The lowest BCUT2D eigenvalue weighted by Crippen LogP contribution is -2.30. The van der Waals surface area contributed by atoms with Gasteiger partial charge in [0, 0.05) is 30.1 Å². The molecular weight excluding hydrogens is 302 g/mol. The van der Waals surface area contributed by atoms with Crippen molar-refractivity contribution in [1.29, 1.82) is 0 Å². The molecule has 3 aromatic rings. The zero-order valence-electron chi connectivity index (χ0n) is 11.6. The first-order chi connectivity index (χ1) is 10.8. The number of amides is 1. The quantitative estimate of drug-likeness (QED) is 0.795. The number of rotatable bonds is 3. The van der Waals surface area contributed by atoms with E-state index in [2.05, 4.69) is 20.4 Å². The van der Waals surface area contributed by atoms with Crippen LogP contribution in [0, 0.1) is 0 Å². The van der Waals surface area contributed by atoms with Crippen molar-refractivity contribution < 1.29 is 9.53 Å². The summed E-state index contributed by atoms with van der Waals surface area (Å²) in [5, 5.41) is 13.1. The van der Waals surface area contributed by atoms with E-state index in [1.54, 1.807) is 29.3 Å². The van der Waals surface area contributed by atoms with E-state index in [1.165, 1.54) is 11.3 Å². The summed E-state index contributed by atoms with van der Waals surface area (Å²) >= 11 is 1.46. The highest BCUT2D eigenvalue weighted by molar-refractivity contribution is 7.11. The number of hydrogen-bond acceptors (Lipinski definition) is 6. The van der Waals surface area contributed by atoms with Gasteiger partial charge in [-0.25, -0.2) is 4.98 Å². The summed E-state index contributed by atoms with van der Waals surface area (Å²) in [4.78, 5) is 18.5. The van der Waals surface area contributed by atoms with Gasteiger partial charge in [-0.3, -0.25) is 4.79 Å². The predicted molar refractivity (Wildman–Crippen MR) is 80.9 cm³/mol. The SMILES string of the molecule is O=C(c1ccc2n[nH]nc2c1)N1CCC(Oc2nccs2)C1. The summed E-state index contributed by atoms with van der Waals surface area (Å²) < 4.78 is 5.78. The molecule has 1 fully saturated rings. The third kappa shape index (κ3) is 2.41. The lowest BCUT2D eigenvalue weighted by Gasteiger charge is -2.16. The van der Waals surface area contributed by atoms with E-state index in [1.807, 2.05) is 5.38 Å². The van der Waals surface area contributed by atoms with Crippen molar-refractivity contribution in [2.75, 3.05) is 13.1 Å². The molecule has 0 spiro atoms. The topological polar surface area (TPSA) is 84.0 Å². The predicted octanol–water partition coefficient (Wildman–Crippen LogP) is 1.71. The standard InChI is InChI=1S/C14H13N5O2S/c20-13(9-1-2-11-12(7-9)17-18-16-11)19-5-3-10(8-19)21-14-15-4-6-22-14/h1-2,4,6-7,10H,3,5,8H2,(H,16,17,18). The third-order valence-corrected chi connectivity index (χ3v) is 4.33. The molecule has 1 amide bonds. The van der Waals surface area contributed by atoms with E-state index in [0.717, 1.165) is 11.9 Å². The average Bonchev–Trinajstić information content (AvgIpc) is 3.27. The van der Waals surface area contributed by atoms with Gasteiger partial charge in [0.2, 0.25) is 0 Å². The lowest BCUT2D eigenvalue weighted by atomic mass is 10.2. The Labute approximate surface area is 129 Å². The summed E-state index contributed by atoms with van der Waals surface area (Å²) in [6, 6.07) is 5.34. The number of H-pyrrole nitrogens is 1. The Morgan fingerprint density at radius 1 is 1.36 bits per heavy atom. The molecule has 0 aliphatic carbocycles. The molecule has 0 saturated carbocycles. The Morgan fingerprint density at radius 2 is 2.27 bits per heavy atom. The third-order valence-electron chi connectivity index (χ3n) is 3.67. The normalized spacial score (nSPS) is 18.0. The molecule has 7 nitrogen and oxygen atoms in total. The molecule has 1 saturated heterocycles. The monoisotopic (exact) mass is 315 g/mol. The maximum Gasteiger partial charge on any atom is 0.273 e. The van der Waals surface area contributed by atoms with E-state index >= 15 is 0 Å². The first-order valence-electron chi connectivity index (χ1n) is 6.95. The Bertz CT molecular complexity index is 801. The van der Waals surface area contributed by atoms with Crippen molar-refractivity contribution in [3.8, 4) is 5.19 Å². The molecule has 0 radical (unpaired) electrons. The summed E-state index contributed by atoms with van der Waals surface area (Å²) in [6.45, 7) is 1.26. The van der Waals surface area contributed by atoms with Gasteiger partial charge in [0.1, 0.15) is 17.1 Å². The molecule has 112 valence electrons. The van der Waals surface area contributed by atoms with Gasteiger partial charge in [0.25, 0.3) is 11.1 Å². The Morgan fingerprint density at radius 3 is 3.14 bits per heavy atom. The fraction of sp³-hybridized carbons (Fsp3) is 0.286. The van der Waals surface area contributed by atoms with Crippen LogP contribution in [0.2, 0.25) is 0 Å². The molecule has 1 unspecified atom stereocenters. The highest BCUT2D eigenvalue weighted by Crippen LogP contribution is 2.22. The number of fused-ring (bicyclic) bond motifs is 1. The van der Waals surface area contributed by atoms with Crippen molar-refractivity contribution in [2.24, 2.45) is 0 Å². The smallest absolute Gasteiger partial charge is 0.273 e. The summed E-state index contributed by atoms with van der Waals surface area (Å²) in [6.07, 6.45) is 2.54. The van der Waals surface area contributed by atoms with E-state index in [4.69, 9.17) is 4.74 Å². The highest BCUT2D eigenvalue weighted by atomic mass is 32.1. The maximum absolute atomic E-state index is 12.6. The van der Waals surface area contributed by atoms with Crippen molar-refractivity contribution in [1.82, 2.24) is 25.3 Å². The molecule has 1 N–H and O–H groups in total. The molecule has 4 rings (SSSR count). The van der Waals surface area contributed by atoms with Gasteiger partial charge in [-0.15, -0.1) is 0 Å². The van der Waals surface area contributed by atoms with Crippen LogP contribution < -0.4 is 4.74 Å². The van der Waals surface area contributed by atoms with Crippen molar-refractivity contribution >= 4 is 28.3 Å². The van der Waals surface area contributed by atoms with Gasteiger partial charge in [-0.1, -0.05) is 11.3 Å². The van der Waals surface area contributed by atoms with Gasteiger partial charge < -0.3 is 9.64 Å². The maximum atomic E-state index is 12.6. The molecule has 22 heavy (non-hydrogen) atoms. The number of ether oxygens (including phenoxy) is 1. The van der Waals surface area contributed by atoms with Crippen LogP contribution in [-0.2, 0) is 0 Å². The second-order valence-electron chi connectivity index (χ2n) is 5.10. The van der Waals surface area contributed by atoms with Crippen molar-refractivity contribution in [2.45, 2.75) is 12.5 Å². The molecule has 3 heterocycles. The zero-order chi connectivity index (χ0) is 14.9. The molecule has 1 aliphatic rings. The summed E-state index contributed by atoms with van der Waals surface area (Å²) in [5.74, 6) is -0.00450. The van der Waals surface area contributed by atoms with Crippen LogP contribution in [0.4, 0.5) is 0 Å². The van der Waals surface area contributed by atoms with Crippen LogP contribution in [0.3, 0.4) is 0 Å². The number of aromatic amines is 1. The summed E-state index contributed by atoms with van der Waals surface area (Å²) in [5.41, 5.74) is 2.07. The second kappa shape index (κ2) is 5.38. The summed E-state index contributed by atoms with van der Waals surface area (Å²) in [7, 11) is 0. The van der Waals surface area contributed by atoms with Crippen LogP contribution in [0.1, 0.15) is 16.8 Å². The Balaban J connectivity index is 1.46. The molecule has 1 aliphatic heterocycles. The molecular formula is C14H13N5O2S. The fourth-order valence-corrected chi connectivity index (χ4v) is 3.13. The van der Waals surface area contributed by atoms with E-state index in [9.17, 15) is 4.79 Å². The first kappa shape index (κ1) is 13.2. The minimum Gasteiger partial charge on any atom is -0.465 e. The number of nitrogens with zero attached hydrogens (tertiary/aromatic N) is 4. The van der Waals surface area contributed by atoms with Crippen LogP contribution in [0.5, 0.6) is 5.19 Å². The van der Waals surface area contributed by atoms with Crippen molar-refractivity contribution in [3.05, 3.63) is 35.3 Å². The van der Waals surface area contributed by atoms with Gasteiger partial charge >= 0.3 is 0 Å². The minimum atomic E-state index is -0.00450. The number of hydrogen-bond donors (Lipinski definition) is 1. The van der Waals surface area contributed by atoms with Gasteiger partial charge in [-0.05, 0) is 18.2 Å². The van der Waals surface area contributed by atoms with E-state index in [-0.39, 0.29) is 12.0 Å². The number of benzene rings is 1. The highest BCUT2D eigenvalue weighted by Gasteiger charge is 2.29. The fourth-order valence-electron chi connectivity index (χ4n) is 2.58. The van der Waals surface area contributed by atoms with Crippen LogP contribution in [0.25, 0.3) is 11.0 Å². The Hall–Kier alpha value is -2.48. The second-order valence-corrected chi connectivity index (χ2v) is 5.96. The lowest BCUT2D eigenvalue weighted by molar-refractivity contribution is 0.0772. The number of carbonyl (C=O) groups is 1. The van der Waals surface area contributed by atoms with Gasteiger partial charge in [0.05, 0.1) is 6.54 Å². The average molecular weight is 315 g/mol. The van der Waals surface area contributed by atoms with E-state index in [0.29, 0.717) is 29.4 Å². The number of aromatic nitrogens is 4. The number of carbonyl (C=O) groups excluding carboxylic acids is 1. The molecule has 1 aromatic carbocycles. The van der Waals surface area contributed by atoms with E-state index < -0.39 is 0 Å². The number of likely N-dealkylation sites (tertiary alicyclic amines) is 1. The van der Waals surface area contributed by atoms with Crippen LogP contribution in [0.15, 0.2) is 29.8 Å². The van der Waals surface area contributed by atoms with Crippen LogP contribution >= 0.6 is 11.3 Å². The molecule has 2 aromatic heterocycles. The van der Waals surface area contributed by atoms with Crippen molar-refractivity contribution in [3.63, 3.8) is 0 Å². The van der Waals surface area contributed by atoms with Gasteiger partial charge in [0.15, 0.2) is 0 Å². The van der Waals surface area contributed by atoms with Gasteiger partial charge in [-0.2, -0.15) is 15.4 Å². The Kier molecular flexibility index (Phi) is 3.23. The first-order valence-corrected chi connectivity index (χ1v) is 7.83. The molecule has 8 heteroatoms. The number of thiazole rings is 1. The zero-order valence-corrected chi connectivity index (χ0v) is 12.4. The molecule has 1 atom stereocenters. The molecule has 0 bridgehead atoms. The number of nitrogens with one attached hydrogen (secondary N) is 1. The van der Waals surface area contributed by atoms with Crippen LogP contribution in [-0.4, -0.2) is 50.4 Å².